The van der Waals surface area contributed by atoms with E-state index in [0.717, 1.165) is 0 Å². The molecule has 1 aliphatic rings. The van der Waals surface area contributed by atoms with Crippen LogP contribution in [-0.4, -0.2) is 64.4 Å². The van der Waals surface area contributed by atoms with Crippen LogP contribution in [0, 0.1) is 0 Å². The summed E-state index contributed by atoms with van der Waals surface area (Å²) in [6.07, 6.45) is 14.0. The van der Waals surface area contributed by atoms with Crippen LogP contribution in [0.3, 0.4) is 0 Å². The first-order valence-corrected chi connectivity index (χ1v) is 9.91. The van der Waals surface area contributed by atoms with Gasteiger partial charge in [-0.2, -0.15) is 0 Å². The van der Waals surface area contributed by atoms with Crippen LogP contribution in [0.2, 0.25) is 0 Å². The molecular weight excluding hydrogens is 402 g/mol. The lowest BCUT2D eigenvalue weighted by Gasteiger charge is -2.31. The first-order chi connectivity index (χ1) is 14.8. The van der Waals surface area contributed by atoms with E-state index < -0.39 is 36.0 Å². The number of esters is 1. The molecule has 2 unspecified atom stereocenters. The number of aliphatic hydroxyl groups excluding tert-OH is 2. The number of hydrogen-bond acceptors (Lipinski definition) is 7. The normalized spacial score (nSPS) is 20.8. The van der Waals surface area contributed by atoms with E-state index >= 15 is 0 Å². The van der Waals surface area contributed by atoms with Crippen LogP contribution >= 0.6 is 0 Å². The van der Waals surface area contributed by atoms with Gasteiger partial charge >= 0.3 is 12.1 Å². The van der Waals surface area contributed by atoms with Crippen molar-refractivity contribution in [1.82, 2.24) is 5.32 Å². The van der Waals surface area contributed by atoms with Gasteiger partial charge in [0.25, 0.3) is 0 Å². The van der Waals surface area contributed by atoms with Gasteiger partial charge < -0.3 is 30.1 Å². The average molecular weight is 434 g/mol. The van der Waals surface area contributed by atoms with Crippen molar-refractivity contribution in [3.8, 4) is 0 Å². The van der Waals surface area contributed by atoms with Crippen LogP contribution < -0.4 is 5.32 Å². The fraction of sp³-hybridized carbons (Fsp3) is 0.391. The lowest BCUT2D eigenvalue weighted by molar-refractivity contribution is -0.141. The first kappa shape index (κ1) is 26.1. The smallest absolute Gasteiger partial charge is 0.407 e. The molecule has 0 spiro atoms. The molecular formula is C23H31NO7. The van der Waals surface area contributed by atoms with E-state index in [2.05, 4.69) is 11.9 Å². The van der Waals surface area contributed by atoms with Gasteiger partial charge in [0.2, 0.25) is 0 Å². The molecule has 1 amide bonds. The Balaban J connectivity index is 2.86. The van der Waals surface area contributed by atoms with Gasteiger partial charge in [-0.3, -0.25) is 0 Å². The van der Waals surface area contributed by atoms with Gasteiger partial charge in [-0.1, -0.05) is 54.7 Å². The molecule has 0 aliphatic carbocycles. The fourth-order valence-electron chi connectivity index (χ4n) is 2.55. The van der Waals surface area contributed by atoms with Crippen LogP contribution in [0.25, 0.3) is 0 Å². The highest BCUT2D eigenvalue weighted by Crippen LogP contribution is 2.22. The minimum atomic E-state index is -1.65. The zero-order valence-corrected chi connectivity index (χ0v) is 17.6. The summed E-state index contributed by atoms with van der Waals surface area (Å²) >= 11 is 0. The molecule has 1 rings (SSSR count). The van der Waals surface area contributed by atoms with Crippen LogP contribution in [-0.2, 0) is 14.3 Å². The van der Waals surface area contributed by atoms with E-state index in [1.165, 1.54) is 37.3 Å². The number of carbonyl (C=O) groups is 2. The highest BCUT2D eigenvalue weighted by molar-refractivity contribution is 5.82. The molecule has 0 aromatic heterocycles. The van der Waals surface area contributed by atoms with Crippen molar-refractivity contribution in [3.05, 3.63) is 73.4 Å². The highest BCUT2D eigenvalue weighted by Gasteiger charge is 2.34. The van der Waals surface area contributed by atoms with Crippen molar-refractivity contribution >= 4 is 12.1 Å². The first-order valence-electron chi connectivity index (χ1n) is 9.91. The van der Waals surface area contributed by atoms with Crippen LogP contribution in [0.15, 0.2) is 73.4 Å². The molecule has 31 heavy (non-hydrogen) atoms. The van der Waals surface area contributed by atoms with E-state index in [9.17, 15) is 19.8 Å². The van der Waals surface area contributed by atoms with Crippen molar-refractivity contribution in [2.45, 2.75) is 43.7 Å². The molecule has 4 atom stereocenters. The summed E-state index contributed by atoms with van der Waals surface area (Å²) in [6, 6.07) is 0. The number of allylic oxidation sites excluding steroid dienone is 4. The van der Waals surface area contributed by atoms with Crippen molar-refractivity contribution in [2.24, 2.45) is 0 Å². The summed E-state index contributed by atoms with van der Waals surface area (Å²) in [4.78, 5) is 23.4. The van der Waals surface area contributed by atoms with E-state index in [-0.39, 0.29) is 19.6 Å². The highest BCUT2D eigenvalue weighted by atomic mass is 16.6. The molecule has 1 aliphatic heterocycles. The molecule has 0 fully saturated rings. The Hall–Kier alpha value is -2.94. The second kappa shape index (κ2) is 14.1. The Morgan fingerprint density at radius 1 is 1.42 bits per heavy atom. The predicted molar refractivity (Wildman–Crippen MR) is 117 cm³/mol. The lowest BCUT2D eigenvalue weighted by Crippen LogP contribution is -2.45. The summed E-state index contributed by atoms with van der Waals surface area (Å²) in [5.41, 5.74) is -1.65. The van der Waals surface area contributed by atoms with Crippen molar-refractivity contribution in [1.29, 1.82) is 0 Å². The van der Waals surface area contributed by atoms with Crippen LogP contribution in [0.4, 0.5) is 4.79 Å². The number of alkyl carbamates (subject to hydrolysis) is 1. The fourth-order valence-corrected chi connectivity index (χ4v) is 2.55. The predicted octanol–water partition coefficient (Wildman–Crippen LogP) is 1.86. The number of aliphatic hydroxyl groups is 3. The molecule has 8 heteroatoms. The number of nitrogens with one attached hydrogen (secondary N) is 1. The molecule has 1 heterocycles. The van der Waals surface area contributed by atoms with Crippen molar-refractivity contribution in [3.63, 3.8) is 0 Å². The largest absolute Gasteiger partial charge is 0.455 e. The zero-order valence-electron chi connectivity index (χ0n) is 17.6. The Kier molecular flexibility index (Phi) is 11.9. The number of amides is 1. The molecule has 0 aromatic carbocycles. The van der Waals surface area contributed by atoms with Gasteiger partial charge in [-0.15, -0.1) is 6.58 Å². The molecule has 0 saturated heterocycles. The SMILES string of the molecule is C=CCNC(=O)OC(C[C@@H](O)\C=C/C=C\C=C\CO)[C@](C)(O)/C=C/C1CC=CC(=O)O1. The second-order valence-electron chi connectivity index (χ2n) is 6.95. The van der Waals surface area contributed by atoms with E-state index in [0.29, 0.717) is 6.42 Å². The Morgan fingerprint density at radius 2 is 2.16 bits per heavy atom. The standard InChI is InChI=1S/C23H31NO7/c1-3-15-24-22(28)31-20(17-18(26)10-7-5-4-6-8-16-25)23(2,29)14-13-19-11-9-12-21(27)30-19/h3-10,12-14,18-20,25-26,29H,1,11,15-17H2,2H3,(H,24,28)/b5-4-,8-6+,10-7-,14-13+/t18-,19?,20?,23+/m0/s1. The molecule has 0 bridgehead atoms. The quantitative estimate of drug-likeness (QED) is 0.210. The third-order valence-electron chi connectivity index (χ3n) is 4.19. The molecule has 0 saturated carbocycles. The van der Waals surface area contributed by atoms with Crippen LogP contribution in [0.1, 0.15) is 19.8 Å². The zero-order chi connectivity index (χ0) is 23.1. The minimum absolute atomic E-state index is 0.0669. The topological polar surface area (TPSA) is 125 Å². The van der Waals surface area contributed by atoms with Gasteiger partial charge in [0.15, 0.2) is 0 Å². The number of rotatable bonds is 12. The number of cyclic esters (lactones) is 1. The van der Waals surface area contributed by atoms with Gasteiger partial charge in [-0.05, 0) is 13.0 Å². The Morgan fingerprint density at radius 3 is 2.84 bits per heavy atom. The van der Waals surface area contributed by atoms with Crippen LogP contribution in [0.5, 0.6) is 0 Å². The summed E-state index contributed by atoms with van der Waals surface area (Å²) in [6.45, 7) is 5.06. The minimum Gasteiger partial charge on any atom is -0.455 e. The summed E-state index contributed by atoms with van der Waals surface area (Å²) in [5, 5.41) is 32.3. The average Bonchev–Trinajstić information content (AvgIpc) is 2.73. The maximum atomic E-state index is 12.0. The second-order valence-corrected chi connectivity index (χ2v) is 6.95. The number of carbonyl (C=O) groups excluding carboxylic acids is 2. The monoisotopic (exact) mass is 433 g/mol. The maximum absolute atomic E-state index is 12.0. The molecule has 4 N–H and O–H groups in total. The maximum Gasteiger partial charge on any atom is 0.407 e. The van der Waals surface area contributed by atoms with Gasteiger partial charge in [-0.25, -0.2) is 9.59 Å². The Bertz CT molecular complexity index is 734. The molecule has 0 radical (unpaired) electrons. The lowest BCUT2D eigenvalue weighted by atomic mass is 9.92. The number of hydrogen-bond donors (Lipinski definition) is 4. The number of ether oxygens (including phenoxy) is 2. The Labute approximate surface area is 182 Å². The third-order valence-corrected chi connectivity index (χ3v) is 4.19. The molecule has 170 valence electrons. The van der Waals surface area contributed by atoms with Crippen molar-refractivity contribution in [2.75, 3.05) is 13.2 Å². The molecule has 8 nitrogen and oxygen atoms in total. The van der Waals surface area contributed by atoms with Gasteiger partial charge in [0, 0.05) is 25.5 Å². The van der Waals surface area contributed by atoms with E-state index in [4.69, 9.17) is 14.6 Å². The van der Waals surface area contributed by atoms with Gasteiger partial charge in [0.1, 0.15) is 17.8 Å². The van der Waals surface area contributed by atoms with E-state index in [1.54, 1.807) is 36.5 Å². The summed E-state index contributed by atoms with van der Waals surface area (Å²) in [7, 11) is 0. The van der Waals surface area contributed by atoms with E-state index in [1.807, 2.05) is 0 Å². The van der Waals surface area contributed by atoms with Gasteiger partial charge in [0.05, 0.1) is 12.7 Å². The van der Waals surface area contributed by atoms with Crippen molar-refractivity contribution < 1.29 is 34.4 Å². The molecule has 0 aromatic rings. The summed E-state index contributed by atoms with van der Waals surface area (Å²) < 4.78 is 10.5. The summed E-state index contributed by atoms with van der Waals surface area (Å²) in [5.74, 6) is -0.473. The third kappa shape index (κ3) is 11.1.